The van der Waals surface area contributed by atoms with Crippen LogP contribution in [0.2, 0.25) is 0 Å². The Bertz CT molecular complexity index is 293. The van der Waals surface area contributed by atoms with Crippen molar-refractivity contribution in [3.8, 4) is 5.75 Å². The van der Waals surface area contributed by atoms with Gasteiger partial charge in [0, 0.05) is 21.0 Å². The van der Waals surface area contributed by atoms with Gasteiger partial charge in [0.15, 0.2) is 0 Å². The third-order valence-electron chi connectivity index (χ3n) is 1.55. The van der Waals surface area contributed by atoms with Crippen LogP contribution in [0.25, 0.3) is 0 Å². The van der Waals surface area contributed by atoms with Gasteiger partial charge in [-0.1, -0.05) is 57.8 Å². The molecule has 14 heavy (non-hydrogen) atoms. The van der Waals surface area contributed by atoms with E-state index in [1.165, 1.54) is 0 Å². The molecule has 0 N–H and O–H groups in total. The van der Waals surface area contributed by atoms with Crippen molar-refractivity contribution in [3.05, 3.63) is 36.2 Å². The number of rotatable bonds is 5. The average Bonchev–Trinajstić information content (AvgIpc) is 2.25. The van der Waals surface area contributed by atoms with Crippen molar-refractivity contribution in [1.29, 1.82) is 0 Å². The van der Waals surface area contributed by atoms with Crippen molar-refractivity contribution in [2.24, 2.45) is 0 Å². The van der Waals surface area contributed by atoms with Gasteiger partial charge in [0.2, 0.25) is 0 Å². The molecule has 2 nitrogen and oxygen atoms in total. The maximum absolute atomic E-state index is 5.48. The molecule has 0 radical (unpaired) electrons. The number of hydrogen-bond donors (Lipinski definition) is 0. The molecule has 1 aromatic heterocycles. The first-order valence-electron chi connectivity index (χ1n) is 4.15. The zero-order valence-corrected chi connectivity index (χ0v) is 12.0. The Balaban J connectivity index is 2.86. The van der Waals surface area contributed by atoms with Gasteiger partial charge in [0.05, 0.1) is 11.4 Å². The van der Waals surface area contributed by atoms with Crippen LogP contribution in [-0.4, -0.2) is 11.6 Å². The molecule has 0 saturated heterocycles. The molecule has 0 bridgehead atoms. The summed E-state index contributed by atoms with van der Waals surface area (Å²) < 4.78 is 7.29. The van der Waals surface area contributed by atoms with Gasteiger partial charge in [-0.25, -0.2) is 0 Å². The van der Waals surface area contributed by atoms with Gasteiger partial charge in [0.25, 0.3) is 0 Å². The van der Waals surface area contributed by atoms with Crippen LogP contribution in [-0.2, 0) is 8.86 Å². The molecule has 0 unspecified atom stereocenters. The summed E-state index contributed by atoms with van der Waals surface area (Å²) >= 11 is 4.60. The van der Waals surface area contributed by atoms with Crippen LogP contribution in [0.3, 0.4) is 0 Å². The fourth-order valence-corrected chi connectivity index (χ4v) is 1.78. The lowest BCUT2D eigenvalue weighted by molar-refractivity contribution is 0.362. The lowest BCUT2D eigenvalue weighted by atomic mass is 10.3. The monoisotopic (exact) mass is 415 g/mol. The first-order valence-corrected chi connectivity index (χ1v) is 7.20. The Morgan fingerprint density at radius 3 is 2.29 bits per heavy atom. The summed E-state index contributed by atoms with van der Waals surface area (Å²) in [6.07, 6.45) is 1.74. The summed E-state index contributed by atoms with van der Waals surface area (Å²) in [7, 11) is 0. The first kappa shape index (κ1) is 12.2. The number of halogens is 2. The van der Waals surface area contributed by atoms with Gasteiger partial charge in [0.1, 0.15) is 12.4 Å². The van der Waals surface area contributed by atoms with Crippen molar-refractivity contribution in [2.75, 3.05) is 6.61 Å². The minimum absolute atomic E-state index is 0.547. The van der Waals surface area contributed by atoms with Crippen LogP contribution in [0.1, 0.15) is 11.4 Å². The number of alkyl halides is 2. The first-order chi connectivity index (χ1) is 6.80. The molecule has 1 aromatic rings. The van der Waals surface area contributed by atoms with E-state index < -0.39 is 0 Å². The van der Waals surface area contributed by atoms with Crippen LogP contribution in [0, 0.1) is 0 Å². The molecule has 0 spiro atoms. The largest absolute Gasteiger partial charge is 0.489 e. The minimum Gasteiger partial charge on any atom is -0.489 e. The van der Waals surface area contributed by atoms with E-state index in [1.807, 2.05) is 12.1 Å². The van der Waals surface area contributed by atoms with Gasteiger partial charge < -0.3 is 4.74 Å². The molecular weight excluding hydrogens is 404 g/mol. The molecule has 0 atom stereocenters. The Kier molecular flexibility index (Phi) is 5.76. The number of nitrogens with zero attached hydrogens (tertiary/aromatic N) is 1. The molecule has 4 heteroatoms. The number of aromatic nitrogens is 1. The van der Waals surface area contributed by atoms with Gasteiger partial charge in [-0.15, -0.1) is 0 Å². The van der Waals surface area contributed by atoms with Gasteiger partial charge in [-0.05, 0) is 0 Å². The minimum atomic E-state index is 0.547. The highest BCUT2D eigenvalue weighted by Crippen LogP contribution is 2.18. The topological polar surface area (TPSA) is 22.1 Å². The van der Waals surface area contributed by atoms with Crippen LogP contribution < -0.4 is 4.74 Å². The molecule has 0 aromatic carbocycles. The van der Waals surface area contributed by atoms with E-state index in [1.54, 1.807) is 6.08 Å². The lowest BCUT2D eigenvalue weighted by Gasteiger charge is -2.06. The summed E-state index contributed by atoms with van der Waals surface area (Å²) in [4.78, 5) is 4.46. The van der Waals surface area contributed by atoms with Crippen molar-refractivity contribution in [3.63, 3.8) is 0 Å². The van der Waals surface area contributed by atoms with Crippen LogP contribution >= 0.6 is 45.2 Å². The predicted octanol–water partition coefficient (Wildman–Crippen LogP) is 3.52. The fraction of sp³-hybridized carbons (Fsp3) is 0.300. The fourth-order valence-electron chi connectivity index (χ4n) is 0.994. The third-order valence-corrected chi connectivity index (χ3v) is 3.11. The van der Waals surface area contributed by atoms with E-state index in [0.29, 0.717) is 6.61 Å². The Morgan fingerprint density at radius 2 is 1.86 bits per heavy atom. The molecule has 0 amide bonds. The third kappa shape index (κ3) is 3.72. The van der Waals surface area contributed by atoms with E-state index in [4.69, 9.17) is 4.74 Å². The smallest absolute Gasteiger partial charge is 0.123 e. The summed E-state index contributed by atoms with van der Waals surface area (Å²) in [5.41, 5.74) is 2.14. The lowest BCUT2D eigenvalue weighted by Crippen LogP contribution is -1.97. The molecule has 0 fully saturated rings. The van der Waals surface area contributed by atoms with Crippen LogP contribution in [0.15, 0.2) is 24.8 Å². The van der Waals surface area contributed by atoms with Crippen LogP contribution in [0.4, 0.5) is 0 Å². The van der Waals surface area contributed by atoms with E-state index in [9.17, 15) is 0 Å². The normalized spacial score (nSPS) is 9.86. The standard InChI is InChI=1S/C10H11I2NO/c1-2-3-14-10-4-8(6-11)13-9(5-10)7-12/h2,4-5H,1,3,6-7H2. The molecule has 0 aliphatic heterocycles. The van der Waals surface area contributed by atoms with Crippen molar-refractivity contribution in [1.82, 2.24) is 4.98 Å². The molecule has 0 saturated carbocycles. The SMILES string of the molecule is C=CCOc1cc(CI)nc(CI)c1. The second-order valence-corrected chi connectivity index (χ2v) is 4.18. The number of pyridine rings is 1. The molecule has 76 valence electrons. The Hall–Kier alpha value is 0.150. The highest BCUT2D eigenvalue weighted by molar-refractivity contribution is 14.1. The second kappa shape index (κ2) is 6.60. The molecular formula is C10H11I2NO. The van der Waals surface area contributed by atoms with E-state index in [2.05, 4.69) is 56.7 Å². The summed E-state index contributed by atoms with van der Waals surface area (Å²) in [6.45, 7) is 4.16. The van der Waals surface area contributed by atoms with Crippen molar-refractivity contribution >= 4 is 45.2 Å². The van der Waals surface area contributed by atoms with Gasteiger partial charge in [-0.3, -0.25) is 4.98 Å². The Labute approximate surface area is 111 Å². The highest BCUT2D eigenvalue weighted by atomic mass is 127. The zero-order chi connectivity index (χ0) is 10.4. The van der Waals surface area contributed by atoms with E-state index in [0.717, 1.165) is 26.0 Å². The van der Waals surface area contributed by atoms with Crippen molar-refractivity contribution in [2.45, 2.75) is 8.86 Å². The quantitative estimate of drug-likeness (QED) is 0.418. The van der Waals surface area contributed by atoms with Gasteiger partial charge >= 0.3 is 0 Å². The summed E-state index contributed by atoms with van der Waals surface area (Å²) in [5.74, 6) is 0.887. The van der Waals surface area contributed by atoms with Gasteiger partial charge in [-0.2, -0.15) is 0 Å². The molecule has 0 aliphatic carbocycles. The highest BCUT2D eigenvalue weighted by Gasteiger charge is 2.01. The zero-order valence-electron chi connectivity index (χ0n) is 7.67. The van der Waals surface area contributed by atoms with Crippen LogP contribution in [0.5, 0.6) is 5.75 Å². The number of hydrogen-bond acceptors (Lipinski definition) is 2. The second-order valence-electron chi connectivity index (χ2n) is 2.65. The Morgan fingerprint density at radius 1 is 1.29 bits per heavy atom. The maximum Gasteiger partial charge on any atom is 0.123 e. The summed E-state index contributed by atoms with van der Waals surface area (Å²) in [6, 6.07) is 3.96. The molecule has 0 aliphatic rings. The predicted molar refractivity (Wildman–Crippen MR) is 75.4 cm³/mol. The number of ether oxygens (including phenoxy) is 1. The van der Waals surface area contributed by atoms with E-state index in [-0.39, 0.29) is 0 Å². The van der Waals surface area contributed by atoms with Crippen molar-refractivity contribution < 1.29 is 4.74 Å². The molecule has 1 heterocycles. The summed E-state index contributed by atoms with van der Waals surface area (Å²) in [5, 5.41) is 0. The average molecular weight is 415 g/mol. The molecule has 1 rings (SSSR count). The maximum atomic E-state index is 5.48. The van der Waals surface area contributed by atoms with E-state index >= 15 is 0 Å².